The summed E-state index contributed by atoms with van der Waals surface area (Å²) in [6.45, 7) is 0. The summed E-state index contributed by atoms with van der Waals surface area (Å²) in [7, 11) is 5.17. The van der Waals surface area contributed by atoms with Crippen molar-refractivity contribution in [1.82, 2.24) is 14.5 Å². The van der Waals surface area contributed by atoms with E-state index >= 15 is 0 Å². The molecule has 1 N–H and O–H groups in total. The van der Waals surface area contributed by atoms with Crippen LogP contribution in [0.5, 0.6) is 11.5 Å². The molecule has 1 atom stereocenters. The second-order valence-electron chi connectivity index (χ2n) is 5.66. The van der Waals surface area contributed by atoms with Crippen molar-refractivity contribution in [2.45, 2.75) is 6.04 Å². The van der Waals surface area contributed by atoms with E-state index in [1.54, 1.807) is 32.7 Å². The Morgan fingerprint density at radius 3 is 2.35 bits per heavy atom. The van der Waals surface area contributed by atoms with E-state index in [0.29, 0.717) is 17.2 Å². The Labute approximate surface area is 151 Å². The number of anilines is 1. The molecule has 7 heteroatoms. The van der Waals surface area contributed by atoms with Gasteiger partial charge in [0.05, 0.1) is 26.1 Å². The van der Waals surface area contributed by atoms with Crippen LogP contribution in [0.15, 0.2) is 48.9 Å². The molecule has 2 aromatic heterocycles. The van der Waals surface area contributed by atoms with Gasteiger partial charge in [-0.15, -0.1) is 0 Å². The fraction of sp³-hybridized carbons (Fsp3) is 0.211. The van der Waals surface area contributed by atoms with Crippen LogP contribution in [0, 0.1) is 11.3 Å². The molecule has 26 heavy (non-hydrogen) atoms. The maximum atomic E-state index is 8.92. The average Bonchev–Trinajstić information content (AvgIpc) is 3.11. The number of hydrogen-bond acceptors (Lipinski definition) is 6. The molecule has 0 aliphatic heterocycles. The molecule has 0 bridgehead atoms. The number of rotatable bonds is 6. The van der Waals surface area contributed by atoms with E-state index < -0.39 is 0 Å². The predicted molar refractivity (Wildman–Crippen MR) is 97.2 cm³/mol. The van der Waals surface area contributed by atoms with Crippen LogP contribution < -0.4 is 14.8 Å². The van der Waals surface area contributed by atoms with Crippen molar-refractivity contribution in [3.8, 4) is 17.6 Å². The summed E-state index contributed by atoms with van der Waals surface area (Å²) in [6, 6.07) is 10.9. The summed E-state index contributed by atoms with van der Waals surface area (Å²) in [4.78, 5) is 8.59. The Hall–Kier alpha value is -3.53. The first-order chi connectivity index (χ1) is 12.6. The quantitative estimate of drug-likeness (QED) is 0.736. The van der Waals surface area contributed by atoms with Crippen molar-refractivity contribution in [3.05, 3.63) is 66.0 Å². The maximum absolute atomic E-state index is 8.92. The van der Waals surface area contributed by atoms with Gasteiger partial charge in [0.25, 0.3) is 0 Å². The number of hydrogen-bond donors (Lipinski definition) is 1. The average molecular weight is 349 g/mol. The Bertz CT molecular complexity index is 906. The summed E-state index contributed by atoms with van der Waals surface area (Å²) >= 11 is 0. The van der Waals surface area contributed by atoms with Crippen LogP contribution in [-0.4, -0.2) is 28.8 Å². The van der Waals surface area contributed by atoms with Crippen LogP contribution in [0.2, 0.25) is 0 Å². The van der Waals surface area contributed by atoms with Crippen LogP contribution >= 0.6 is 0 Å². The minimum Gasteiger partial charge on any atom is -0.497 e. The topological polar surface area (TPSA) is 85.0 Å². The zero-order valence-corrected chi connectivity index (χ0v) is 14.8. The second kappa shape index (κ2) is 7.57. The largest absolute Gasteiger partial charge is 0.497 e. The molecule has 2 heterocycles. The van der Waals surface area contributed by atoms with Crippen LogP contribution in [0.25, 0.3) is 0 Å². The smallest absolute Gasteiger partial charge is 0.140 e. The first-order valence-electron chi connectivity index (χ1n) is 7.97. The van der Waals surface area contributed by atoms with E-state index in [-0.39, 0.29) is 6.04 Å². The van der Waals surface area contributed by atoms with E-state index in [0.717, 1.165) is 17.1 Å². The van der Waals surface area contributed by atoms with Gasteiger partial charge >= 0.3 is 0 Å². The molecule has 3 rings (SSSR count). The maximum Gasteiger partial charge on any atom is 0.140 e. The van der Waals surface area contributed by atoms with E-state index in [9.17, 15) is 0 Å². The van der Waals surface area contributed by atoms with Gasteiger partial charge in [-0.3, -0.25) is 0 Å². The Balaban J connectivity index is 2.04. The fourth-order valence-electron chi connectivity index (χ4n) is 2.66. The van der Waals surface area contributed by atoms with Gasteiger partial charge in [-0.05, 0) is 29.8 Å². The van der Waals surface area contributed by atoms with Crippen molar-refractivity contribution in [2.24, 2.45) is 7.05 Å². The lowest BCUT2D eigenvalue weighted by atomic mass is 10.0. The molecular formula is C19H19N5O2. The van der Waals surface area contributed by atoms with Crippen molar-refractivity contribution >= 4 is 5.69 Å². The highest BCUT2D eigenvalue weighted by molar-refractivity contribution is 5.50. The summed E-state index contributed by atoms with van der Waals surface area (Å²) in [5, 5.41) is 12.3. The third kappa shape index (κ3) is 3.59. The summed E-state index contributed by atoms with van der Waals surface area (Å²) < 4.78 is 12.7. The number of ether oxygens (including phenoxy) is 2. The van der Waals surface area contributed by atoms with Gasteiger partial charge in [0, 0.05) is 25.5 Å². The predicted octanol–water partition coefficient (Wildman–Crippen LogP) is 2.91. The fourth-order valence-corrected chi connectivity index (χ4v) is 2.66. The molecule has 1 aromatic carbocycles. The van der Waals surface area contributed by atoms with Gasteiger partial charge in [-0.1, -0.05) is 0 Å². The molecule has 3 aromatic rings. The first kappa shape index (κ1) is 17.3. The molecule has 0 fully saturated rings. The van der Waals surface area contributed by atoms with E-state index in [2.05, 4.69) is 15.3 Å². The van der Waals surface area contributed by atoms with Gasteiger partial charge in [0.1, 0.15) is 35.1 Å². The van der Waals surface area contributed by atoms with Gasteiger partial charge in [0.15, 0.2) is 0 Å². The molecule has 0 aliphatic carbocycles. The number of aromatic nitrogens is 3. The molecule has 0 radical (unpaired) electrons. The molecule has 0 aliphatic rings. The monoisotopic (exact) mass is 349 g/mol. The number of methoxy groups -OCH3 is 2. The van der Waals surface area contributed by atoms with Crippen molar-refractivity contribution in [2.75, 3.05) is 19.5 Å². The second-order valence-corrected chi connectivity index (χ2v) is 5.66. The zero-order valence-electron chi connectivity index (χ0n) is 14.8. The van der Waals surface area contributed by atoms with Crippen molar-refractivity contribution in [1.29, 1.82) is 5.26 Å². The standard InChI is InChI=1S/C19H19N5O2/c1-24-7-6-21-19(24)18(23-15-5-4-14(11-20)22-12-15)13-8-16(25-2)10-17(9-13)26-3/h4-10,12,18,23H,1-3H3. The van der Waals surface area contributed by atoms with Crippen molar-refractivity contribution < 1.29 is 9.47 Å². The molecule has 0 spiro atoms. The normalized spacial score (nSPS) is 11.5. The van der Waals surface area contributed by atoms with Gasteiger partial charge in [-0.2, -0.15) is 5.26 Å². The van der Waals surface area contributed by atoms with Crippen LogP contribution in [0.4, 0.5) is 5.69 Å². The number of nitrogens with one attached hydrogen (secondary N) is 1. The van der Waals surface area contributed by atoms with Gasteiger partial charge in [-0.25, -0.2) is 9.97 Å². The van der Waals surface area contributed by atoms with Gasteiger partial charge < -0.3 is 19.4 Å². The number of pyridine rings is 1. The Morgan fingerprint density at radius 1 is 1.12 bits per heavy atom. The lowest BCUT2D eigenvalue weighted by molar-refractivity contribution is 0.393. The first-order valence-corrected chi connectivity index (χ1v) is 7.97. The third-order valence-corrected chi connectivity index (χ3v) is 4.01. The highest BCUT2D eigenvalue weighted by Gasteiger charge is 2.20. The van der Waals surface area contributed by atoms with Crippen LogP contribution in [0.3, 0.4) is 0 Å². The molecule has 0 amide bonds. The zero-order chi connectivity index (χ0) is 18.5. The number of benzene rings is 1. The molecule has 7 nitrogen and oxygen atoms in total. The summed E-state index contributed by atoms with van der Waals surface area (Å²) in [5.74, 6) is 2.21. The SMILES string of the molecule is COc1cc(OC)cc(C(Nc2ccc(C#N)nc2)c2nccn2C)c1. The Kier molecular flexibility index (Phi) is 5.04. The number of imidazole rings is 1. The summed E-state index contributed by atoms with van der Waals surface area (Å²) in [5.41, 5.74) is 2.07. The number of aryl methyl sites for hydroxylation is 1. The molecule has 132 valence electrons. The van der Waals surface area contributed by atoms with Crippen LogP contribution in [-0.2, 0) is 7.05 Å². The highest BCUT2D eigenvalue weighted by Crippen LogP contribution is 2.31. The number of nitriles is 1. The molecule has 0 saturated heterocycles. The van der Waals surface area contributed by atoms with Gasteiger partial charge in [0.2, 0.25) is 0 Å². The van der Waals surface area contributed by atoms with E-state index in [1.165, 1.54) is 0 Å². The lowest BCUT2D eigenvalue weighted by Gasteiger charge is -2.21. The minimum absolute atomic E-state index is 0.256. The lowest BCUT2D eigenvalue weighted by Crippen LogP contribution is -2.17. The van der Waals surface area contributed by atoms with E-state index in [1.807, 2.05) is 48.1 Å². The molecule has 0 saturated carbocycles. The van der Waals surface area contributed by atoms with E-state index in [4.69, 9.17) is 14.7 Å². The minimum atomic E-state index is -0.256. The molecular weight excluding hydrogens is 330 g/mol. The van der Waals surface area contributed by atoms with Crippen LogP contribution in [0.1, 0.15) is 23.1 Å². The summed E-state index contributed by atoms with van der Waals surface area (Å²) in [6.07, 6.45) is 5.27. The third-order valence-electron chi connectivity index (χ3n) is 4.01. The Morgan fingerprint density at radius 2 is 1.85 bits per heavy atom. The molecule has 1 unspecified atom stereocenters. The number of nitrogens with zero attached hydrogens (tertiary/aromatic N) is 4. The highest BCUT2D eigenvalue weighted by atomic mass is 16.5. The van der Waals surface area contributed by atoms with Crippen molar-refractivity contribution in [3.63, 3.8) is 0 Å².